The Hall–Kier alpha value is -0.650. The number of rotatable bonds is 2. The van der Waals surface area contributed by atoms with E-state index in [1.165, 1.54) is 12.1 Å². The number of carbonyl (C=O) groups is 1. The molecule has 19 heavy (non-hydrogen) atoms. The molecule has 0 saturated carbocycles. The summed E-state index contributed by atoms with van der Waals surface area (Å²) in [5, 5.41) is 6.28. The van der Waals surface area contributed by atoms with Crippen LogP contribution < -0.4 is 10.6 Å². The Bertz CT molecular complexity index is 438. The van der Waals surface area contributed by atoms with Gasteiger partial charge in [-0.1, -0.05) is 15.9 Å². The van der Waals surface area contributed by atoms with Gasteiger partial charge in [0, 0.05) is 22.1 Å². The molecule has 0 aromatic heterocycles. The summed E-state index contributed by atoms with van der Waals surface area (Å²) in [6.07, 6.45) is 1.81. The fourth-order valence-corrected chi connectivity index (χ4v) is 2.68. The maximum absolute atomic E-state index is 13.2. The summed E-state index contributed by atoms with van der Waals surface area (Å²) in [7, 11) is 0. The standard InChI is InChI=1S/C13H16BrFN2O.ClH/c1-8-4-12(2-3-16-8)17-13(18)9-5-10(14)7-11(15)6-9;/h5-8,12,16H,2-4H2,1H3,(H,17,18);1H. The van der Waals surface area contributed by atoms with Gasteiger partial charge in [-0.25, -0.2) is 4.39 Å². The molecule has 2 unspecified atom stereocenters. The molecule has 1 aromatic carbocycles. The fourth-order valence-electron chi connectivity index (χ4n) is 2.22. The second-order valence-electron chi connectivity index (χ2n) is 4.71. The Labute approximate surface area is 126 Å². The molecule has 1 aliphatic heterocycles. The number of benzene rings is 1. The van der Waals surface area contributed by atoms with Crippen LogP contribution in [0.4, 0.5) is 4.39 Å². The van der Waals surface area contributed by atoms with Crippen molar-refractivity contribution in [1.29, 1.82) is 0 Å². The summed E-state index contributed by atoms with van der Waals surface area (Å²) in [6.45, 7) is 3.00. The summed E-state index contributed by atoms with van der Waals surface area (Å²) in [5.74, 6) is -0.623. The number of amides is 1. The molecule has 6 heteroatoms. The van der Waals surface area contributed by atoms with Gasteiger partial charge in [-0.05, 0) is 44.5 Å². The fraction of sp³-hybridized carbons (Fsp3) is 0.462. The first-order valence-corrected chi connectivity index (χ1v) is 6.84. The lowest BCUT2D eigenvalue weighted by atomic mass is 10.0. The highest BCUT2D eigenvalue weighted by Crippen LogP contribution is 2.16. The van der Waals surface area contributed by atoms with Crippen LogP contribution in [0.3, 0.4) is 0 Å². The van der Waals surface area contributed by atoms with E-state index in [4.69, 9.17) is 0 Å². The smallest absolute Gasteiger partial charge is 0.251 e. The van der Waals surface area contributed by atoms with Gasteiger partial charge in [0.05, 0.1) is 0 Å². The Morgan fingerprint density at radius 3 is 2.84 bits per heavy atom. The zero-order valence-electron chi connectivity index (χ0n) is 10.6. The van der Waals surface area contributed by atoms with Crippen LogP contribution in [-0.2, 0) is 0 Å². The number of hydrogen-bond acceptors (Lipinski definition) is 2. The Kier molecular flexibility index (Phi) is 6.23. The second kappa shape index (κ2) is 7.22. The summed E-state index contributed by atoms with van der Waals surface area (Å²) in [4.78, 5) is 12.0. The second-order valence-corrected chi connectivity index (χ2v) is 5.62. The van der Waals surface area contributed by atoms with Gasteiger partial charge in [0.2, 0.25) is 0 Å². The monoisotopic (exact) mass is 350 g/mol. The zero-order chi connectivity index (χ0) is 13.1. The van der Waals surface area contributed by atoms with E-state index < -0.39 is 5.82 Å². The molecule has 0 spiro atoms. The van der Waals surface area contributed by atoms with Crippen LogP contribution in [0.2, 0.25) is 0 Å². The SMILES string of the molecule is CC1CC(NC(=O)c2cc(F)cc(Br)c2)CCN1.Cl. The third kappa shape index (κ3) is 4.75. The van der Waals surface area contributed by atoms with Crippen molar-refractivity contribution in [3.05, 3.63) is 34.1 Å². The zero-order valence-corrected chi connectivity index (χ0v) is 13.0. The predicted octanol–water partition coefficient (Wildman–Crippen LogP) is 2.88. The highest BCUT2D eigenvalue weighted by Gasteiger charge is 2.20. The molecule has 2 N–H and O–H groups in total. The summed E-state index contributed by atoms with van der Waals surface area (Å²) in [5.41, 5.74) is 0.355. The molecule has 0 aliphatic carbocycles. The van der Waals surface area contributed by atoms with Gasteiger partial charge in [-0.15, -0.1) is 12.4 Å². The van der Waals surface area contributed by atoms with Crippen molar-refractivity contribution in [2.75, 3.05) is 6.54 Å². The molecule has 2 rings (SSSR count). The molecule has 1 aromatic rings. The van der Waals surface area contributed by atoms with Crippen LogP contribution in [0.25, 0.3) is 0 Å². The van der Waals surface area contributed by atoms with Gasteiger partial charge in [-0.3, -0.25) is 4.79 Å². The highest BCUT2D eigenvalue weighted by atomic mass is 79.9. The summed E-state index contributed by atoms with van der Waals surface area (Å²) < 4.78 is 13.8. The first-order valence-electron chi connectivity index (χ1n) is 6.05. The number of hydrogen-bond donors (Lipinski definition) is 2. The van der Waals surface area contributed by atoms with E-state index in [2.05, 4.69) is 33.5 Å². The molecule has 1 saturated heterocycles. The quantitative estimate of drug-likeness (QED) is 0.860. The third-order valence-corrected chi connectivity index (χ3v) is 3.54. The van der Waals surface area contributed by atoms with Crippen molar-refractivity contribution in [2.45, 2.75) is 31.8 Å². The highest BCUT2D eigenvalue weighted by molar-refractivity contribution is 9.10. The summed E-state index contributed by atoms with van der Waals surface area (Å²) in [6, 6.07) is 4.79. The van der Waals surface area contributed by atoms with Crippen LogP contribution in [0.1, 0.15) is 30.1 Å². The molecule has 1 heterocycles. The molecule has 1 fully saturated rings. The van der Waals surface area contributed by atoms with E-state index in [1.807, 2.05) is 0 Å². The van der Waals surface area contributed by atoms with E-state index in [-0.39, 0.29) is 24.4 Å². The molecule has 0 bridgehead atoms. The number of halogens is 3. The van der Waals surface area contributed by atoms with Crippen LogP contribution >= 0.6 is 28.3 Å². The topological polar surface area (TPSA) is 41.1 Å². The lowest BCUT2D eigenvalue weighted by Crippen LogP contribution is -2.46. The largest absolute Gasteiger partial charge is 0.349 e. The van der Waals surface area contributed by atoms with E-state index in [0.29, 0.717) is 16.1 Å². The maximum Gasteiger partial charge on any atom is 0.251 e. The number of carbonyl (C=O) groups excluding carboxylic acids is 1. The van der Waals surface area contributed by atoms with Gasteiger partial charge >= 0.3 is 0 Å². The Morgan fingerprint density at radius 1 is 1.47 bits per heavy atom. The number of piperidine rings is 1. The first-order chi connectivity index (χ1) is 8.54. The van der Waals surface area contributed by atoms with E-state index >= 15 is 0 Å². The number of nitrogens with one attached hydrogen (secondary N) is 2. The van der Waals surface area contributed by atoms with Crippen molar-refractivity contribution in [3.63, 3.8) is 0 Å². The molecule has 1 aliphatic rings. The lowest BCUT2D eigenvalue weighted by molar-refractivity contribution is 0.0925. The lowest BCUT2D eigenvalue weighted by Gasteiger charge is -2.28. The summed E-state index contributed by atoms with van der Waals surface area (Å²) >= 11 is 3.19. The normalized spacial score (nSPS) is 22.5. The Morgan fingerprint density at radius 2 is 2.21 bits per heavy atom. The molecule has 3 nitrogen and oxygen atoms in total. The maximum atomic E-state index is 13.2. The molecule has 1 amide bonds. The van der Waals surface area contributed by atoms with Gasteiger partial charge in [-0.2, -0.15) is 0 Å². The van der Waals surface area contributed by atoms with Crippen molar-refractivity contribution < 1.29 is 9.18 Å². The molecule has 0 radical (unpaired) electrons. The van der Waals surface area contributed by atoms with Gasteiger partial charge < -0.3 is 10.6 Å². The molecule has 106 valence electrons. The Balaban J connectivity index is 0.00000180. The average molecular weight is 352 g/mol. The van der Waals surface area contributed by atoms with Crippen molar-refractivity contribution >= 4 is 34.2 Å². The van der Waals surface area contributed by atoms with Gasteiger partial charge in [0.1, 0.15) is 5.82 Å². The third-order valence-electron chi connectivity index (χ3n) is 3.08. The first kappa shape index (κ1) is 16.4. The minimum atomic E-state index is -0.409. The minimum Gasteiger partial charge on any atom is -0.349 e. The van der Waals surface area contributed by atoms with Crippen LogP contribution in [0, 0.1) is 5.82 Å². The van der Waals surface area contributed by atoms with Crippen molar-refractivity contribution in [3.8, 4) is 0 Å². The molecule has 2 atom stereocenters. The van der Waals surface area contributed by atoms with Crippen LogP contribution in [0.15, 0.2) is 22.7 Å². The van der Waals surface area contributed by atoms with Crippen LogP contribution in [0.5, 0.6) is 0 Å². The van der Waals surface area contributed by atoms with Gasteiger partial charge in [0.25, 0.3) is 5.91 Å². The van der Waals surface area contributed by atoms with Crippen molar-refractivity contribution in [1.82, 2.24) is 10.6 Å². The molecular weight excluding hydrogens is 335 g/mol. The predicted molar refractivity (Wildman–Crippen MR) is 79.3 cm³/mol. The molecular formula is C13H17BrClFN2O. The van der Waals surface area contributed by atoms with E-state index in [9.17, 15) is 9.18 Å². The van der Waals surface area contributed by atoms with Gasteiger partial charge in [0.15, 0.2) is 0 Å². The van der Waals surface area contributed by atoms with Crippen molar-refractivity contribution in [2.24, 2.45) is 0 Å². The van der Waals surface area contributed by atoms with E-state index in [0.717, 1.165) is 19.4 Å². The van der Waals surface area contributed by atoms with E-state index in [1.54, 1.807) is 6.07 Å². The average Bonchev–Trinajstić information content (AvgIpc) is 2.27. The van der Waals surface area contributed by atoms with Crippen LogP contribution in [-0.4, -0.2) is 24.5 Å². The minimum absolute atomic E-state index is 0.